The van der Waals surface area contributed by atoms with Crippen LogP contribution in [0.1, 0.15) is 61.9 Å². The largest absolute Gasteiger partial charge is 0.348 e. The first-order chi connectivity index (χ1) is 16.1. The van der Waals surface area contributed by atoms with Crippen LogP contribution in [0.5, 0.6) is 0 Å². The van der Waals surface area contributed by atoms with E-state index in [9.17, 15) is 18.4 Å². The lowest BCUT2D eigenvalue weighted by molar-refractivity contribution is -0.135. The summed E-state index contributed by atoms with van der Waals surface area (Å²) in [7, 11) is 1.97. The van der Waals surface area contributed by atoms with E-state index in [2.05, 4.69) is 20.1 Å². The molecule has 2 amide bonds. The number of hydrogen-bond acceptors (Lipinski definition) is 6. The predicted molar refractivity (Wildman–Crippen MR) is 126 cm³/mol. The molecule has 3 aliphatic heterocycles. The zero-order valence-corrected chi connectivity index (χ0v) is 20.9. The van der Waals surface area contributed by atoms with Crippen molar-refractivity contribution in [2.24, 2.45) is 0 Å². The molecule has 1 spiro atoms. The lowest BCUT2D eigenvalue weighted by atomic mass is 9.84. The Bertz CT molecular complexity index is 894. The highest BCUT2D eigenvalue weighted by Gasteiger charge is 2.50. The summed E-state index contributed by atoms with van der Waals surface area (Å²) in [6.45, 7) is 5.08. The third kappa shape index (κ3) is 4.73. The molecule has 2 atom stereocenters. The molecule has 0 radical (unpaired) electrons. The highest BCUT2D eigenvalue weighted by molar-refractivity contribution is 7.09. The molecule has 1 saturated carbocycles. The van der Waals surface area contributed by atoms with Crippen LogP contribution in [0.2, 0.25) is 0 Å². The second-order valence-corrected chi connectivity index (χ2v) is 11.7. The zero-order valence-electron chi connectivity index (χ0n) is 20.1. The van der Waals surface area contributed by atoms with Crippen LogP contribution in [0.3, 0.4) is 0 Å². The Morgan fingerprint density at radius 2 is 1.88 bits per heavy atom. The minimum absolute atomic E-state index is 0.0370. The van der Waals surface area contributed by atoms with E-state index >= 15 is 0 Å². The first-order valence-corrected chi connectivity index (χ1v) is 13.4. The predicted octanol–water partition coefficient (Wildman–Crippen LogP) is 2.79. The minimum atomic E-state index is -2.55. The molecule has 7 nitrogen and oxygen atoms in total. The average Bonchev–Trinajstić information content (AvgIpc) is 3.40. The molecule has 4 heterocycles. The van der Waals surface area contributed by atoms with Gasteiger partial charge in [-0.15, -0.1) is 11.3 Å². The van der Waals surface area contributed by atoms with Gasteiger partial charge in [-0.2, -0.15) is 0 Å². The molecule has 0 unspecified atom stereocenters. The third-order valence-corrected chi connectivity index (χ3v) is 9.56. The van der Waals surface area contributed by atoms with Crippen LogP contribution < -0.4 is 5.32 Å². The van der Waals surface area contributed by atoms with Gasteiger partial charge in [0.1, 0.15) is 6.04 Å². The molecule has 0 bridgehead atoms. The van der Waals surface area contributed by atoms with Gasteiger partial charge in [0.05, 0.1) is 23.2 Å². The normalized spacial score (nSPS) is 30.0. The monoisotopic (exact) mass is 495 g/mol. The summed E-state index contributed by atoms with van der Waals surface area (Å²) in [4.78, 5) is 38.5. The Morgan fingerprint density at radius 3 is 2.53 bits per heavy atom. The van der Waals surface area contributed by atoms with Crippen LogP contribution in [0.25, 0.3) is 0 Å². The highest BCUT2D eigenvalue weighted by Crippen LogP contribution is 2.38. The second kappa shape index (κ2) is 9.09. The number of nitrogens with zero attached hydrogens (tertiary/aromatic N) is 4. The standard InChI is InChI=1S/C24H35F2N5O2S/c1-16-20(34-15-27-16)14-30-9-7-23(8-10-30)12-21(32)31-13-18(11-19(31)22(33)28-23)29(2)17-3-5-24(25,26)6-4-17/h15,17-19H,3-14H2,1-2H3,(H,28,33)/t18-,19-/m0/s1. The average molecular weight is 496 g/mol. The lowest BCUT2D eigenvalue weighted by Crippen LogP contribution is -2.56. The Kier molecular flexibility index (Phi) is 6.44. The van der Waals surface area contributed by atoms with Gasteiger partial charge in [0, 0.05) is 56.0 Å². The van der Waals surface area contributed by atoms with Gasteiger partial charge in [-0.1, -0.05) is 0 Å². The van der Waals surface area contributed by atoms with Gasteiger partial charge in [-0.25, -0.2) is 13.8 Å². The summed E-state index contributed by atoms with van der Waals surface area (Å²) in [6, 6.07) is -0.332. The number of rotatable bonds is 4. The highest BCUT2D eigenvalue weighted by atomic mass is 32.1. The number of hydrogen-bond donors (Lipinski definition) is 1. The van der Waals surface area contributed by atoms with Crippen molar-refractivity contribution in [3.05, 3.63) is 16.1 Å². The maximum Gasteiger partial charge on any atom is 0.248 e. The summed E-state index contributed by atoms with van der Waals surface area (Å²) in [5.74, 6) is -2.56. The van der Waals surface area contributed by atoms with Gasteiger partial charge < -0.3 is 10.2 Å². The van der Waals surface area contributed by atoms with Crippen molar-refractivity contribution in [3.8, 4) is 0 Å². The summed E-state index contributed by atoms with van der Waals surface area (Å²) in [6.07, 6.45) is 3.22. The molecule has 1 aliphatic carbocycles. The number of alkyl halides is 2. The Morgan fingerprint density at radius 1 is 1.18 bits per heavy atom. The Hall–Kier alpha value is -1.65. The van der Waals surface area contributed by atoms with Crippen molar-refractivity contribution >= 4 is 23.2 Å². The van der Waals surface area contributed by atoms with E-state index < -0.39 is 17.5 Å². The number of carbonyl (C=O) groups excluding carboxylic acids is 2. The number of likely N-dealkylation sites (N-methyl/N-ethyl adjacent to an activating group) is 1. The van der Waals surface area contributed by atoms with Crippen LogP contribution in [0, 0.1) is 6.92 Å². The molecule has 4 aliphatic rings. The van der Waals surface area contributed by atoms with Crippen LogP contribution in [0.15, 0.2) is 5.51 Å². The zero-order chi connectivity index (χ0) is 24.1. The molecule has 4 fully saturated rings. The Labute approximate surface area is 203 Å². The Balaban J connectivity index is 1.19. The maximum absolute atomic E-state index is 13.6. The molecular formula is C24H35F2N5O2S. The van der Waals surface area contributed by atoms with Gasteiger partial charge >= 0.3 is 0 Å². The molecule has 1 aromatic heterocycles. The van der Waals surface area contributed by atoms with Crippen LogP contribution in [-0.2, 0) is 16.1 Å². The van der Waals surface area contributed by atoms with Gasteiger partial charge in [-0.3, -0.25) is 19.4 Å². The van der Waals surface area contributed by atoms with Crippen molar-refractivity contribution in [3.63, 3.8) is 0 Å². The van der Waals surface area contributed by atoms with E-state index in [0.29, 0.717) is 32.2 Å². The number of aryl methyl sites for hydroxylation is 1. The summed E-state index contributed by atoms with van der Waals surface area (Å²) in [5.41, 5.74) is 2.49. The SMILES string of the molecule is Cc1ncsc1CN1CCC2(CC1)CC(=O)N1C[C@@H](N(C)C3CCC(F)(F)CC3)C[C@H]1C(=O)N2. The molecule has 3 saturated heterocycles. The molecule has 0 aromatic carbocycles. The van der Waals surface area contributed by atoms with Crippen LogP contribution in [0.4, 0.5) is 8.78 Å². The fourth-order valence-corrected chi connectivity index (χ4v) is 7.08. The lowest BCUT2D eigenvalue weighted by Gasteiger charge is -2.41. The number of nitrogens with one attached hydrogen (secondary N) is 1. The van der Waals surface area contributed by atoms with Crippen molar-refractivity contribution in [1.82, 2.24) is 25.0 Å². The fraction of sp³-hybridized carbons (Fsp3) is 0.792. The quantitative estimate of drug-likeness (QED) is 0.696. The molecule has 5 rings (SSSR count). The number of piperidine rings is 1. The fourth-order valence-electron chi connectivity index (χ4n) is 6.27. The van der Waals surface area contributed by atoms with Gasteiger partial charge in [-0.05, 0) is 46.1 Å². The van der Waals surface area contributed by atoms with Crippen LogP contribution >= 0.6 is 11.3 Å². The van der Waals surface area contributed by atoms with E-state index in [1.165, 1.54) is 4.88 Å². The van der Waals surface area contributed by atoms with Crippen molar-refractivity contribution in [1.29, 1.82) is 0 Å². The molecule has 1 aromatic rings. The summed E-state index contributed by atoms with van der Waals surface area (Å²) >= 11 is 1.67. The smallest absolute Gasteiger partial charge is 0.248 e. The van der Waals surface area contributed by atoms with Gasteiger partial charge in [0.2, 0.25) is 17.7 Å². The number of aromatic nitrogens is 1. The maximum atomic E-state index is 13.6. The summed E-state index contributed by atoms with van der Waals surface area (Å²) < 4.78 is 27.2. The van der Waals surface area contributed by atoms with E-state index in [4.69, 9.17) is 0 Å². The first-order valence-electron chi connectivity index (χ1n) is 12.5. The molecule has 188 valence electrons. The number of fused-ring (bicyclic) bond motifs is 1. The van der Waals surface area contributed by atoms with E-state index in [-0.39, 0.29) is 36.7 Å². The molecule has 10 heteroatoms. The number of halogens is 2. The van der Waals surface area contributed by atoms with E-state index in [0.717, 1.165) is 38.2 Å². The van der Waals surface area contributed by atoms with Crippen molar-refractivity contribution in [2.75, 3.05) is 26.7 Å². The topological polar surface area (TPSA) is 68.8 Å². The van der Waals surface area contributed by atoms with Crippen molar-refractivity contribution < 1.29 is 18.4 Å². The third-order valence-electron chi connectivity index (χ3n) is 8.64. The van der Waals surface area contributed by atoms with Crippen molar-refractivity contribution in [2.45, 2.75) is 94.4 Å². The number of likely N-dealkylation sites (tertiary alicyclic amines) is 1. The molecular weight excluding hydrogens is 460 g/mol. The van der Waals surface area contributed by atoms with Gasteiger partial charge in [0.25, 0.3) is 0 Å². The summed E-state index contributed by atoms with van der Waals surface area (Å²) in [5, 5.41) is 3.28. The number of amides is 2. The van der Waals surface area contributed by atoms with E-state index in [1.54, 1.807) is 16.2 Å². The van der Waals surface area contributed by atoms with Gasteiger partial charge in [0.15, 0.2) is 0 Å². The first kappa shape index (κ1) is 24.1. The number of carbonyl (C=O) groups is 2. The van der Waals surface area contributed by atoms with Crippen LogP contribution in [-0.4, -0.2) is 87.8 Å². The molecule has 34 heavy (non-hydrogen) atoms. The molecule has 1 N–H and O–H groups in total. The second-order valence-electron chi connectivity index (χ2n) is 10.8. The van der Waals surface area contributed by atoms with E-state index in [1.807, 2.05) is 19.5 Å². The minimum Gasteiger partial charge on any atom is -0.348 e. The number of thiazole rings is 1.